The van der Waals surface area contributed by atoms with Crippen LogP contribution in [0.5, 0.6) is 5.75 Å². The zero-order chi connectivity index (χ0) is 15.8. The average molecular weight is 395 g/mol. The van der Waals surface area contributed by atoms with Crippen LogP contribution in [0.3, 0.4) is 0 Å². The van der Waals surface area contributed by atoms with Crippen LogP contribution >= 0.6 is 39.7 Å². The Balaban J connectivity index is 2.34. The van der Waals surface area contributed by atoms with Gasteiger partial charge in [0, 0.05) is 11.4 Å². The van der Waals surface area contributed by atoms with Gasteiger partial charge in [-0.3, -0.25) is 20.4 Å². The SMILES string of the molecule is CCC(=O)NC(=S)NNC(=O)COc1ccc(Cl)cc1Br. The second kappa shape index (κ2) is 8.81. The molecule has 0 saturated heterocycles. The predicted molar refractivity (Wildman–Crippen MR) is 87.0 cm³/mol. The van der Waals surface area contributed by atoms with Gasteiger partial charge >= 0.3 is 0 Å². The number of thiocarbonyl (C=S) groups is 1. The van der Waals surface area contributed by atoms with E-state index in [2.05, 4.69) is 32.1 Å². The maximum Gasteiger partial charge on any atom is 0.276 e. The van der Waals surface area contributed by atoms with Crippen LogP contribution in [0.2, 0.25) is 5.02 Å². The number of ether oxygens (including phenoxy) is 1. The highest BCUT2D eigenvalue weighted by molar-refractivity contribution is 9.10. The van der Waals surface area contributed by atoms with Gasteiger partial charge in [-0.05, 0) is 46.3 Å². The monoisotopic (exact) mass is 393 g/mol. The minimum absolute atomic E-state index is 0.0165. The third-order valence-electron chi connectivity index (χ3n) is 2.14. The molecule has 0 aliphatic rings. The summed E-state index contributed by atoms with van der Waals surface area (Å²) in [5.41, 5.74) is 4.70. The van der Waals surface area contributed by atoms with Gasteiger partial charge in [0.05, 0.1) is 4.47 Å². The summed E-state index contributed by atoms with van der Waals surface area (Å²) in [7, 11) is 0. The lowest BCUT2D eigenvalue weighted by atomic mass is 10.3. The number of hydrazine groups is 1. The first-order valence-corrected chi connectivity index (χ1v) is 7.46. The molecule has 0 saturated carbocycles. The fourth-order valence-corrected chi connectivity index (χ4v) is 2.11. The van der Waals surface area contributed by atoms with Crippen LogP contribution in [0.4, 0.5) is 0 Å². The summed E-state index contributed by atoms with van der Waals surface area (Å²) >= 11 is 13.9. The number of nitrogens with one attached hydrogen (secondary N) is 3. The molecule has 0 heterocycles. The standard InChI is InChI=1S/C12H13BrClN3O3S/c1-2-10(18)15-12(21)17-16-11(19)6-20-9-4-3-7(14)5-8(9)13/h3-5H,2,6H2,1H3,(H,16,19)(H2,15,17,18,21). The zero-order valence-electron chi connectivity index (χ0n) is 11.0. The molecule has 0 bridgehead atoms. The van der Waals surface area contributed by atoms with Crippen molar-refractivity contribution in [2.24, 2.45) is 0 Å². The molecule has 1 rings (SSSR count). The average Bonchev–Trinajstić information content (AvgIpc) is 2.44. The molecule has 3 N–H and O–H groups in total. The molecule has 0 aliphatic heterocycles. The third kappa shape index (κ3) is 6.74. The van der Waals surface area contributed by atoms with Crippen molar-refractivity contribution in [2.75, 3.05) is 6.61 Å². The molecule has 9 heteroatoms. The highest BCUT2D eigenvalue weighted by Crippen LogP contribution is 2.27. The molecule has 0 aliphatic carbocycles. The fraction of sp³-hybridized carbons (Fsp3) is 0.250. The molecule has 1 aromatic rings. The summed E-state index contributed by atoms with van der Waals surface area (Å²) in [6, 6.07) is 4.94. The van der Waals surface area contributed by atoms with E-state index >= 15 is 0 Å². The number of hydrogen-bond donors (Lipinski definition) is 3. The smallest absolute Gasteiger partial charge is 0.276 e. The highest BCUT2D eigenvalue weighted by atomic mass is 79.9. The van der Waals surface area contributed by atoms with E-state index in [9.17, 15) is 9.59 Å². The molecule has 0 unspecified atom stereocenters. The number of carbonyl (C=O) groups excluding carboxylic acids is 2. The van der Waals surface area contributed by atoms with Crippen molar-refractivity contribution in [2.45, 2.75) is 13.3 Å². The van der Waals surface area contributed by atoms with Gasteiger partial charge in [-0.1, -0.05) is 18.5 Å². The zero-order valence-corrected chi connectivity index (χ0v) is 14.2. The topological polar surface area (TPSA) is 79.5 Å². The van der Waals surface area contributed by atoms with Crippen molar-refractivity contribution < 1.29 is 14.3 Å². The van der Waals surface area contributed by atoms with Gasteiger partial charge < -0.3 is 10.1 Å². The first kappa shape index (κ1) is 17.7. The Morgan fingerprint density at radius 1 is 1.33 bits per heavy atom. The van der Waals surface area contributed by atoms with Crippen molar-refractivity contribution in [3.63, 3.8) is 0 Å². The Bertz CT molecular complexity index is 557. The fourth-order valence-electron chi connectivity index (χ4n) is 1.14. The molecule has 1 aromatic carbocycles. The lowest BCUT2D eigenvalue weighted by Gasteiger charge is -2.11. The van der Waals surface area contributed by atoms with Gasteiger partial charge in [-0.15, -0.1) is 0 Å². The normalized spacial score (nSPS) is 9.67. The molecular formula is C12H13BrClN3O3S. The van der Waals surface area contributed by atoms with Crippen LogP contribution in [0, 0.1) is 0 Å². The highest BCUT2D eigenvalue weighted by Gasteiger charge is 2.07. The lowest BCUT2D eigenvalue weighted by molar-refractivity contribution is -0.124. The second-order valence-corrected chi connectivity index (χ2v) is 5.47. The van der Waals surface area contributed by atoms with E-state index in [-0.39, 0.29) is 17.6 Å². The Morgan fingerprint density at radius 2 is 2.05 bits per heavy atom. The maximum absolute atomic E-state index is 11.5. The Labute approximate surface area is 140 Å². The molecule has 0 radical (unpaired) electrons. The first-order chi connectivity index (χ1) is 9.92. The number of carbonyl (C=O) groups is 2. The lowest BCUT2D eigenvalue weighted by Crippen LogP contribution is -2.49. The van der Waals surface area contributed by atoms with Gasteiger partial charge in [0.1, 0.15) is 5.75 Å². The van der Waals surface area contributed by atoms with Crippen molar-refractivity contribution >= 4 is 56.7 Å². The summed E-state index contributed by atoms with van der Waals surface area (Å²) in [4.78, 5) is 22.6. The molecule has 2 amide bonds. The van der Waals surface area contributed by atoms with Gasteiger partial charge in [-0.2, -0.15) is 0 Å². The summed E-state index contributed by atoms with van der Waals surface area (Å²) in [6.07, 6.45) is 0.295. The number of hydrogen-bond acceptors (Lipinski definition) is 4. The first-order valence-electron chi connectivity index (χ1n) is 5.89. The van der Waals surface area contributed by atoms with Gasteiger partial charge in [0.2, 0.25) is 5.91 Å². The molecule has 6 nitrogen and oxygen atoms in total. The van der Waals surface area contributed by atoms with Gasteiger partial charge in [-0.25, -0.2) is 0 Å². The number of benzene rings is 1. The third-order valence-corrected chi connectivity index (χ3v) is 3.20. The largest absolute Gasteiger partial charge is 0.483 e. The molecule has 0 spiro atoms. The number of halogens is 2. The molecule has 0 atom stereocenters. The summed E-state index contributed by atoms with van der Waals surface area (Å²) < 4.78 is 5.94. The van der Waals surface area contributed by atoms with E-state index in [1.54, 1.807) is 25.1 Å². The van der Waals surface area contributed by atoms with Crippen molar-refractivity contribution in [3.8, 4) is 5.75 Å². The van der Waals surface area contributed by atoms with Crippen LogP contribution < -0.4 is 20.9 Å². The summed E-state index contributed by atoms with van der Waals surface area (Å²) in [5, 5.41) is 2.95. The Kier molecular flexibility index (Phi) is 7.41. The van der Waals surface area contributed by atoms with E-state index in [0.29, 0.717) is 21.7 Å². The molecule has 0 aromatic heterocycles. The van der Waals surface area contributed by atoms with Crippen LogP contribution in [0.1, 0.15) is 13.3 Å². The van der Waals surface area contributed by atoms with Crippen molar-refractivity contribution in [3.05, 3.63) is 27.7 Å². The predicted octanol–water partition coefficient (Wildman–Crippen LogP) is 1.91. The minimum Gasteiger partial charge on any atom is -0.483 e. The molecule has 21 heavy (non-hydrogen) atoms. The van der Waals surface area contributed by atoms with Crippen LogP contribution in [-0.2, 0) is 9.59 Å². The van der Waals surface area contributed by atoms with Crippen molar-refractivity contribution in [1.29, 1.82) is 0 Å². The Morgan fingerprint density at radius 3 is 2.67 bits per heavy atom. The van der Waals surface area contributed by atoms with E-state index in [4.69, 9.17) is 28.6 Å². The summed E-state index contributed by atoms with van der Waals surface area (Å²) in [5.74, 6) is -0.218. The maximum atomic E-state index is 11.5. The van der Waals surface area contributed by atoms with Crippen molar-refractivity contribution in [1.82, 2.24) is 16.2 Å². The van der Waals surface area contributed by atoms with E-state index in [1.165, 1.54) is 0 Å². The summed E-state index contributed by atoms with van der Waals surface area (Å²) in [6.45, 7) is 1.46. The molecular weight excluding hydrogens is 382 g/mol. The van der Waals surface area contributed by atoms with E-state index in [0.717, 1.165) is 0 Å². The Hall–Kier alpha value is -1.38. The number of amides is 2. The van der Waals surface area contributed by atoms with Gasteiger partial charge in [0.25, 0.3) is 5.91 Å². The second-order valence-electron chi connectivity index (χ2n) is 3.77. The molecule has 114 valence electrons. The van der Waals surface area contributed by atoms with Crippen LogP contribution in [0.15, 0.2) is 22.7 Å². The molecule has 0 fully saturated rings. The number of rotatable bonds is 4. The quantitative estimate of drug-likeness (QED) is 0.537. The van der Waals surface area contributed by atoms with Gasteiger partial charge in [0.15, 0.2) is 11.7 Å². The van der Waals surface area contributed by atoms with E-state index < -0.39 is 5.91 Å². The van der Waals surface area contributed by atoms with Crippen LogP contribution in [-0.4, -0.2) is 23.5 Å². The van der Waals surface area contributed by atoms with E-state index in [1.807, 2.05) is 0 Å². The minimum atomic E-state index is -0.454. The van der Waals surface area contributed by atoms with Crippen LogP contribution in [0.25, 0.3) is 0 Å².